The molecule has 3 rings (SSSR count). The third kappa shape index (κ3) is 5.00. The molecule has 0 radical (unpaired) electrons. The Morgan fingerprint density at radius 3 is 1.91 bits per heavy atom. The highest BCUT2D eigenvalue weighted by atomic mass is 32.2. The van der Waals surface area contributed by atoms with Crippen LogP contribution in [0, 0.1) is 0 Å². The maximum atomic E-state index is 13.2. The molecule has 0 saturated carbocycles. The van der Waals surface area contributed by atoms with Gasteiger partial charge in [-0.25, -0.2) is 8.42 Å². The molecule has 0 fully saturated rings. The summed E-state index contributed by atoms with van der Waals surface area (Å²) in [5.41, 5.74) is 2.10. The lowest BCUT2D eigenvalue weighted by Gasteiger charge is -2.22. The van der Waals surface area contributed by atoms with Crippen LogP contribution in [0.2, 0.25) is 0 Å². The summed E-state index contributed by atoms with van der Waals surface area (Å²) < 4.78 is 32.9. The minimum absolute atomic E-state index is 0.0210. The number of nitrogens with one attached hydrogen (secondary N) is 1. The highest BCUT2D eigenvalue weighted by molar-refractivity contribution is 7.89. The molecule has 0 atom stereocenters. The van der Waals surface area contributed by atoms with Gasteiger partial charge >= 0.3 is 0 Å². The molecule has 0 heterocycles. The predicted octanol–water partition coefficient (Wildman–Crippen LogP) is 4.25. The highest BCUT2D eigenvalue weighted by Gasteiger charge is 2.27. The lowest BCUT2D eigenvalue weighted by molar-refractivity contribution is 0.0942. The van der Waals surface area contributed by atoms with Gasteiger partial charge in [-0.1, -0.05) is 74.5 Å². The van der Waals surface area contributed by atoms with Crippen molar-refractivity contribution in [2.75, 3.05) is 20.2 Å². The average molecular weight is 453 g/mol. The second-order valence-corrected chi connectivity index (χ2v) is 9.09. The van der Waals surface area contributed by atoms with Gasteiger partial charge in [0.1, 0.15) is 10.6 Å². The van der Waals surface area contributed by atoms with Crippen molar-refractivity contribution in [1.82, 2.24) is 9.62 Å². The fraction of sp³-hybridized carbons (Fsp3) is 0.240. The van der Waals surface area contributed by atoms with E-state index in [1.54, 1.807) is 19.9 Å². The van der Waals surface area contributed by atoms with E-state index < -0.39 is 10.0 Å². The van der Waals surface area contributed by atoms with Crippen LogP contribution < -0.4 is 10.1 Å². The molecule has 0 aromatic heterocycles. The van der Waals surface area contributed by atoms with Gasteiger partial charge in [0.15, 0.2) is 0 Å². The Morgan fingerprint density at radius 2 is 1.44 bits per heavy atom. The van der Waals surface area contributed by atoms with E-state index in [-0.39, 0.29) is 28.2 Å². The van der Waals surface area contributed by atoms with Crippen LogP contribution in [-0.4, -0.2) is 38.8 Å². The Bertz CT molecular complexity index is 1110. The van der Waals surface area contributed by atoms with Gasteiger partial charge in [0, 0.05) is 18.7 Å². The van der Waals surface area contributed by atoms with Crippen molar-refractivity contribution in [2.45, 2.75) is 24.8 Å². The number of amides is 1. The Hall–Kier alpha value is -3.16. The topological polar surface area (TPSA) is 75.7 Å². The Kier molecular flexibility index (Phi) is 7.66. The lowest BCUT2D eigenvalue weighted by Crippen LogP contribution is -2.32. The number of sulfonamides is 1. The molecule has 1 N–H and O–H groups in total. The summed E-state index contributed by atoms with van der Waals surface area (Å²) in [5.74, 6) is -0.169. The van der Waals surface area contributed by atoms with Crippen LogP contribution in [-0.2, 0) is 10.0 Å². The van der Waals surface area contributed by atoms with Crippen molar-refractivity contribution in [3.8, 4) is 5.75 Å². The molecule has 1 amide bonds. The van der Waals surface area contributed by atoms with Gasteiger partial charge in [-0.15, -0.1) is 0 Å². The van der Waals surface area contributed by atoms with Crippen LogP contribution >= 0.6 is 0 Å². The number of carbonyl (C=O) groups is 1. The van der Waals surface area contributed by atoms with E-state index in [4.69, 9.17) is 4.74 Å². The molecule has 0 unspecified atom stereocenters. The minimum Gasteiger partial charge on any atom is -0.495 e. The molecule has 0 saturated heterocycles. The fourth-order valence-corrected chi connectivity index (χ4v) is 5.23. The maximum Gasteiger partial charge on any atom is 0.252 e. The van der Waals surface area contributed by atoms with Gasteiger partial charge < -0.3 is 10.1 Å². The van der Waals surface area contributed by atoms with Crippen molar-refractivity contribution >= 4 is 15.9 Å². The molecule has 0 aliphatic rings. The van der Waals surface area contributed by atoms with Crippen LogP contribution in [0.1, 0.15) is 41.4 Å². The van der Waals surface area contributed by atoms with Crippen molar-refractivity contribution in [2.24, 2.45) is 0 Å². The van der Waals surface area contributed by atoms with Crippen molar-refractivity contribution in [3.63, 3.8) is 0 Å². The van der Waals surface area contributed by atoms with Gasteiger partial charge in [0.2, 0.25) is 10.0 Å². The molecule has 6 nitrogen and oxygen atoms in total. The second kappa shape index (κ2) is 10.4. The first-order valence-electron chi connectivity index (χ1n) is 10.5. The summed E-state index contributed by atoms with van der Waals surface area (Å²) in [4.78, 5) is 13.2. The van der Waals surface area contributed by atoms with E-state index >= 15 is 0 Å². The number of nitrogens with zero attached hydrogens (tertiary/aromatic N) is 1. The first-order chi connectivity index (χ1) is 15.4. The first kappa shape index (κ1) is 23.5. The summed E-state index contributed by atoms with van der Waals surface area (Å²) in [5, 5.41) is 3.05. The number of carbonyl (C=O) groups excluding carboxylic acids is 1. The van der Waals surface area contributed by atoms with Crippen LogP contribution in [0.5, 0.6) is 5.75 Å². The smallest absolute Gasteiger partial charge is 0.252 e. The normalized spacial score (nSPS) is 11.5. The van der Waals surface area contributed by atoms with Gasteiger partial charge in [-0.2, -0.15) is 4.31 Å². The van der Waals surface area contributed by atoms with Crippen LogP contribution in [0.15, 0.2) is 83.8 Å². The first-order valence-corrected chi connectivity index (χ1v) is 11.9. The molecule has 0 aliphatic heterocycles. The Balaban J connectivity index is 1.99. The second-order valence-electron chi connectivity index (χ2n) is 7.18. The molecule has 0 aliphatic carbocycles. The zero-order valence-electron chi connectivity index (χ0n) is 18.5. The van der Waals surface area contributed by atoms with Gasteiger partial charge in [-0.05, 0) is 29.3 Å². The van der Waals surface area contributed by atoms with E-state index in [2.05, 4.69) is 5.32 Å². The third-order valence-corrected chi connectivity index (χ3v) is 7.36. The summed E-state index contributed by atoms with van der Waals surface area (Å²) >= 11 is 0. The van der Waals surface area contributed by atoms with Gasteiger partial charge in [0.25, 0.3) is 5.91 Å². The summed E-state index contributed by atoms with van der Waals surface area (Å²) in [6.07, 6.45) is 0. The molecule has 0 spiro atoms. The number of benzene rings is 3. The molecule has 168 valence electrons. The SMILES string of the molecule is CCN(CC)S(=O)(=O)c1cc(C(=O)NC(c2ccccc2)c2ccccc2)ccc1OC. The Morgan fingerprint density at radius 1 is 0.906 bits per heavy atom. The number of hydrogen-bond donors (Lipinski definition) is 1. The van der Waals surface area contributed by atoms with Crippen LogP contribution in [0.3, 0.4) is 0 Å². The van der Waals surface area contributed by atoms with Crippen LogP contribution in [0.25, 0.3) is 0 Å². The lowest BCUT2D eigenvalue weighted by atomic mass is 9.98. The average Bonchev–Trinajstić information content (AvgIpc) is 2.83. The van der Waals surface area contributed by atoms with Crippen LogP contribution in [0.4, 0.5) is 0 Å². The number of ether oxygens (including phenoxy) is 1. The molecule has 3 aromatic carbocycles. The number of rotatable bonds is 9. The maximum absolute atomic E-state index is 13.2. The van der Waals surface area contributed by atoms with Gasteiger partial charge in [0.05, 0.1) is 13.2 Å². The molecule has 0 bridgehead atoms. The fourth-order valence-electron chi connectivity index (χ4n) is 3.59. The summed E-state index contributed by atoms with van der Waals surface area (Å²) in [6.45, 7) is 4.19. The Labute approximate surface area is 189 Å². The van der Waals surface area contributed by atoms with E-state index in [0.717, 1.165) is 11.1 Å². The van der Waals surface area contributed by atoms with Gasteiger partial charge in [-0.3, -0.25) is 4.79 Å². The summed E-state index contributed by atoms with van der Waals surface area (Å²) in [7, 11) is -2.39. The van der Waals surface area contributed by atoms with E-state index in [0.29, 0.717) is 13.1 Å². The largest absolute Gasteiger partial charge is 0.495 e. The van der Waals surface area contributed by atoms with Crippen molar-refractivity contribution in [3.05, 3.63) is 95.6 Å². The summed E-state index contributed by atoms with van der Waals surface area (Å²) in [6, 6.07) is 23.4. The third-order valence-electron chi connectivity index (χ3n) is 5.29. The monoisotopic (exact) mass is 452 g/mol. The molecule has 7 heteroatoms. The molecular formula is C25H28N2O4S. The molecular weight excluding hydrogens is 424 g/mol. The predicted molar refractivity (Wildman–Crippen MR) is 125 cm³/mol. The molecule has 3 aromatic rings. The zero-order valence-corrected chi connectivity index (χ0v) is 19.3. The highest BCUT2D eigenvalue weighted by Crippen LogP contribution is 2.29. The van der Waals surface area contributed by atoms with E-state index in [1.165, 1.54) is 23.5 Å². The van der Waals surface area contributed by atoms with Crippen molar-refractivity contribution < 1.29 is 17.9 Å². The van der Waals surface area contributed by atoms with E-state index in [9.17, 15) is 13.2 Å². The minimum atomic E-state index is -3.80. The van der Waals surface area contributed by atoms with Crippen molar-refractivity contribution in [1.29, 1.82) is 0 Å². The number of methoxy groups -OCH3 is 1. The van der Waals surface area contributed by atoms with E-state index in [1.807, 2.05) is 60.7 Å². The quantitative estimate of drug-likeness (QED) is 0.527. The number of hydrogen-bond acceptors (Lipinski definition) is 4. The molecule has 32 heavy (non-hydrogen) atoms. The zero-order chi connectivity index (χ0) is 23.1. The standard InChI is InChI=1S/C25H28N2O4S/c1-4-27(5-2)32(29,30)23-18-21(16-17-22(23)31-3)25(28)26-24(19-12-8-6-9-13-19)20-14-10-7-11-15-20/h6-18,24H,4-5H2,1-3H3,(H,26,28).